The maximum atomic E-state index is 12.0. The van der Waals surface area contributed by atoms with Gasteiger partial charge in [0.05, 0.1) is 11.6 Å². The number of aryl methyl sites for hydroxylation is 1. The van der Waals surface area contributed by atoms with Gasteiger partial charge in [0.2, 0.25) is 0 Å². The Bertz CT molecular complexity index is 816. The van der Waals surface area contributed by atoms with Crippen LogP contribution in [0.25, 0.3) is 0 Å². The van der Waals surface area contributed by atoms with E-state index in [9.17, 15) is 14.4 Å². The lowest BCUT2D eigenvalue weighted by Gasteiger charge is -2.15. The van der Waals surface area contributed by atoms with Crippen LogP contribution in [0.4, 0.5) is 0 Å². The number of primary amides is 1. The number of benzene rings is 2. The second kappa shape index (κ2) is 10.1. The lowest BCUT2D eigenvalue weighted by atomic mass is 10.1. The summed E-state index contributed by atoms with van der Waals surface area (Å²) in [7, 11) is 0. The molecule has 0 spiro atoms. The van der Waals surface area contributed by atoms with Crippen molar-refractivity contribution in [2.24, 2.45) is 5.73 Å². The molecule has 2 rings (SSSR count). The highest BCUT2D eigenvalue weighted by Gasteiger charge is 2.13. The molecule has 0 radical (unpaired) electrons. The van der Waals surface area contributed by atoms with Gasteiger partial charge < -0.3 is 20.5 Å². The van der Waals surface area contributed by atoms with Gasteiger partial charge in [-0.3, -0.25) is 9.59 Å². The minimum Gasteiger partial charge on any atom is -0.484 e. The maximum Gasteiger partial charge on any atom is 0.338 e. The first-order valence-electron chi connectivity index (χ1n) is 8.95. The molecule has 2 aromatic carbocycles. The zero-order valence-corrected chi connectivity index (χ0v) is 15.9. The SMILES string of the molecule is CCc1ccc([C@H](C)NC(=O)COC(=O)c2ccc(OCC(N)=O)cc2)cc1. The van der Waals surface area contributed by atoms with Crippen LogP contribution in [-0.2, 0) is 20.7 Å². The Balaban J connectivity index is 1.81. The number of esters is 1. The topological polar surface area (TPSA) is 108 Å². The summed E-state index contributed by atoms with van der Waals surface area (Å²) >= 11 is 0. The van der Waals surface area contributed by atoms with E-state index in [0.29, 0.717) is 5.75 Å². The molecule has 0 aliphatic carbocycles. The molecule has 0 saturated heterocycles. The summed E-state index contributed by atoms with van der Waals surface area (Å²) in [5.41, 5.74) is 7.46. The monoisotopic (exact) mass is 384 g/mol. The summed E-state index contributed by atoms with van der Waals surface area (Å²) in [5, 5.41) is 2.80. The number of nitrogens with two attached hydrogens (primary N) is 1. The van der Waals surface area contributed by atoms with Crippen LogP contribution in [-0.4, -0.2) is 31.0 Å². The molecule has 0 unspecified atom stereocenters. The first kappa shape index (κ1) is 21.0. The van der Waals surface area contributed by atoms with Crippen molar-refractivity contribution in [3.05, 3.63) is 65.2 Å². The first-order chi connectivity index (χ1) is 13.4. The van der Waals surface area contributed by atoms with Gasteiger partial charge >= 0.3 is 5.97 Å². The first-order valence-corrected chi connectivity index (χ1v) is 8.95. The lowest BCUT2D eigenvalue weighted by Crippen LogP contribution is -2.31. The predicted octanol–water partition coefficient (Wildman–Crippen LogP) is 2.15. The Morgan fingerprint density at radius 1 is 1.00 bits per heavy atom. The van der Waals surface area contributed by atoms with E-state index < -0.39 is 11.9 Å². The van der Waals surface area contributed by atoms with Crippen molar-refractivity contribution >= 4 is 17.8 Å². The minimum absolute atomic E-state index is 0.196. The molecule has 0 aliphatic rings. The van der Waals surface area contributed by atoms with Crippen molar-refractivity contribution in [3.63, 3.8) is 0 Å². The molecule has 2 amide bonds. The van der Waals surface area contributed by atoms with Crippen LogP contribution < -0.4 is 15.8 Å². The number of carbonyl (C=O) groups excluding carboxylic acids is 3. The second-order valence-corrected chi connectivity index (χ2v) is 6.24. The Morgan fingerprint density at radius 2 is 1.64 bits per heavy atom. The highest BCUT2D eigenvalue weighted by molar-refractivity contribution is 5.91. The van der Waals surface area contributed by atoms with Crippen LogP contribution in [0.5, 0.6) is 5.75 Å². The number of hydrogen-bond donors (Lipinski definition) is 2. The zero-order chi connectivity index (χ0) is 20.5. The standard InChI is InChI=1S/C21H24N2O5/c1-3-15-4-6-16(7-5-15)14(2)23-20(25)13-28-21(26)17-8-10-18(11-9-17)27-12-19(22)24/h4-11,14H,3,12-13H2,1-2H3,(H2,22,24)(H,23,25)/t14-/m0/s1. The smallest absolute Gasteiger partial charge is 0.338 e. The van der Waals surface area contributed by atoms with Crippen molar-refractivity contribution in [3.8, 4) is 5.75 Å². The Morgan fingerprint density at radius 3 is 2.21 bits per heavy atom. The van der Waals surface area contributed by atoms with Gasteiger partial charge in [-0.1, -0.05) is 31.2 Å². The summed E-state index contributed by atoms with van der Waals surface area (Å²) in [6, 6.07) is 13.8. The fraction of sp³-hybridized carbons (Fsp3) is 0.286. The zero-order valence-electron chi connectivity index (χ0n) is 15.9. The molecule has 7 heteroatoms. The van der Waals surface area contributed by atoms with Crippen molar-refractivity contribution in [1.29, 1.82) is 0 Å². The van der Waals surface area contributed by atoms with Gasteiger partial charge in [0.1, 0.15) is 5.75 Å². The van der Waals surface area contributed by atoms with E-state index in [1.165, 1.54) is 29.8 Å². The van der Waals surface area contributed by atoms with Gasteiger partial charge in [-0.15, -0.1) is 0 Å². The Hall–Kier alpha value is -3.35. The fourth-order valence-corrected chi connectivity index (χ4v) is 2.46. The average Bonchev–Trinajstić information content (AvgIpc) is 2.70. The number of amides is 2. The van der Waals surface area contributed by atoms with E-state index in [0.717, 1.165) is 12.0 Å². The molecule has 7 nitrogen and oxygen atoms in total. The van der Waals surface area contributed by atoms with Crippen molar-refractivity contribution in [1.82, 2.24) is 5.32 Å². The van der Waals surface area contributed by atoms with Crippen molar-refractivity contribution in [2.45, 2.75) is 26.3 Å². The summed E-state index contributed by atoms with van der Waals surface area (Å²) in [4.78, 5) is 34.8. The molecule has 0 saturated carbocycles. The third kappa shape index (κ3) is 6.42. The van der Waals surface area contributed by atoms with Crippen LogP contribution >= 0.6 is 0 Å². The van der Waals surface area contributed by atoms with Gasteiger partial charge in [-0.25, -0.2) is 4.79 Å². The Labute approximate surface area is 163 Å². The third-order valence-electron chi connectivity index (χ3n) is 4.07. The third-order valence-corrected chi connectivity index (χ3v) is 4.07. The molecular formula is C21H24N2O5. The summed E-state index contributed by atoms with van der Waals surface area (Å²) in [5.74, 6) is -1.21. The number of nitrogens with one attached hydrogen (secondary N) is 1. The van der Waals surface area contributed by atoms with Crippen molar-refractivity contribution < 1.29 is 23.9 Å². The van der Waals surface area contributed by atoms with Gasteiger partial charge in [0.25, 0.3) is 11.8 Å². The molecule has 3 N–H and O–H groups in total. The van der Waals surface area contributed by atoms with E-state index in [-0.39, 0.29) is 30.7 Å². The van der Waals surface area contributed by atoms with E-state index >= 15 is 0 Å². The van der Waals surface area contributed by atoms with Crippen LogP contribution in [0, 0.1) is 0 Å². The highest BCUT2D eigenvalue weighted by Crippen LogP contribution is 2.14. The van der Waals surface area contributed by atoms with Gasteiger partial charge in [0, 0.05) is 0 Å². The van der Waals surface area contributed by atoms with Gasteiger partial charge in [0.15, 0.2) is 13.2 Å². The fourth-order valence-electron chi connectivity index (χ4n) is 2.46. The Kier molecular flexibility index (Phi) is 7.56. The van der Waals surface area contributed by atoms with Crippen LogP contribution in [0.2, 0.25) is 0 Å². The molecular weight excluding hydrogens is 360 g/mol. The number of rotatable bonds is 9. The molecule has 148 valence electrons. The summed E-state index contributed by atoms with van der Waals surface area (Å²) in [6.45, 7) is 3.32. The van der Waals surface area contributed by atoms with Crippen LogP contribution in [0.3, 0.4) is 0 Å². The van der Waals surface area contributed by atoms with E-state index in [1.807, 2.05) is 31.2 Å². The molecule has 0 bridgehead atoms. The van der Waals surface area contributed by atoms with Crippen LogP contribution in [0.15, 0.2) is 48.5 Å². The molecule has 28 heavy (non-hydrogen) atoms. The van der Waals surface area contributed by atoms with Crippen molar-refractivity contribution in [2.75, 3.05) is 13.2 Å². The molecule has 0 fully saturated rings. The molecule has 2 aromatic rings. The number of carbonyl (C=O) groups is 3. The molecule has 0 heterocycles. The lowest BCUT2D eigenvalue weighted by molar-refractivity contribution is -0.125. The van der Waals surface area contributed by atoms with Crippen LogP contribution in [0.1, 0.15) is 41.4 Å². The van der Waals surface area contributed by atoms with E-state index in [2.05, 4.69) is 12.2 Å². The predicted molar refractivity (Wildman–Crippen MR) is 104 cm³/mol. The number of hydrogen-bond acceptors (Lipinski definition) is 5. The largest absolute Gasteiger partial charge is 0.484 e. The molecule has 1 atom stereocenters. The highest BCUT2D eigenvalue weighted by atomic mass is 16.5. The summed E-state index contributed by atoms with van der Waals surface area (Å²) < 4.78 is 10.1. The van der Waals surface area contributed by atoms with E-state index in [4.69, 9.17) is 15.2 Å². The quantitative estimate of drug-likeness (QED) is 0.644. The molecule has 0 aromatic heterocycles. The van der Waals surface area contributed by atoms with E-state index in [1.54, 1.807) is 0 Å². The maximum absolute atomic E-state index is 12.0. The number of ether oxygens (including phenoxy) is 2. The van der Waals surface area contributed by atoms with Gasteiger partial charge in [-0.2, -0.15) is 0 Å². The minimum atomic E-state index is -0.628. The normalized spacial score (nSPS) is 11.4. The second-order valence-electron chi connectivity index (χ2n) is 6.24. The average molecular weight is 384 g/mol. The molecule has 0 aliphatic heterocycles. The van der Waals surface area contributed by atoms with Gasteiger partial charge in [-0.05, 0) is 48.7 Å². The summed E-state index contributed by atoms with van der Waals surface area (Å²) in [6.07, 6.45) is 0.954.